The molecule has 0 spiro atoms. The van der Waals surface area contributed by atoms with Gasteiger partial charge in [-0.1, -0.05) is 17.4 Å². The van der Waals surface area contributed by atoms with Crippen molar-refractivity contribution in [1.29, 1.82) is 0 Å². The van der Waals surface area contributed by atoms with Gasteiger partial charge in [0.05, 0.1) is 0 Å². The number of aromatic nitrogens is 3. The molecular weight excluding hydrogens is 288 g/mol. The molecule has 0 aliphatic carbocycles. The number of hydrogen-bond acceptors (Lipinski definition) is 7. The van der Waals surface area contributed by atoms with Gasteiger partial charge in [0.1, 0.15) is 5.82 Å². The lowest BCUT2D eigenvalue weighted by atomic mass is 10.3. The zero-order valence-electron chi connectivity index (χ0n) is 11.7. The number of anilines is 2. The second-order valence-corrected chi connectivity index (χ2v) is 5.61. The highest BCUT2D eigenvalue weighted by Gasteiger charge is 2.25. The third-order valence-electron chi connectivity index (χ3n) is 3.36. The largest absolute Gasteiger partial charge is 0.363 e. The van der Waals surface area contributed by atoms with E-state index in [1.54, 1.807) is 13.2 Å². The summed E-state index contributed by atoms with van der Waals surface area (Å²) in [6.45, 7) is 2.90. The van der Waals surface area contributed by atoms with Crippen molar-refractivity contribution in [2.75, 3.05) is 43.4 Å². The summed E-state index contributed by atoms with van der Waals surface area (Å²) in [6, 6.07) is 5.86. The van der Waals surface area contributed by atoms with Gasteiger partial charge in [0.15, 0.2) is 0 Å². The van der Waals surface area contributed by atoms with E-state index in [9.17, 15) is 4.79 Å². The molecule has 1 saturated heterocycles. The smallest absolute Gasteiger partial charge is 0.285 e. The first kappa shape index (κ1) is 13.7. The molecule has 7 nitrogen and oxygen atoms in total. The van der Waals surface area contributed by atoms with Crippen LogP contribution in [-0.4, -0.2) is 59.2 Å². The number of rotatable bonds is 3. The fraction of sp³-hybridized carbons (Fsp3) is 0.385. The summed E-state index contributed by atoms with van der Waals surface area (Å²) in [6.07, 6.45) is 1.79. The lowest BCUT2D eigenvalue weighted by molar-refractivity contribution is 0.0745. The highest BCUT2D eigenvalue weighted by molar-refractivity contribution is 7.17. The number of carbonyl (C=O) groups is 1. The molecule has 3 rings (SSSR count). The average molecular weight is 304 g/mol. The van der Waals surface area contributed by atoms with E-state index in [0.717, 1.165) is 18.9 Å². The standard InChI is InChI=1S/C13H16N6OS/c1-14-13-17-16-11(21-13)12(20)19-8-6-18(7-9-19)10-4-2-3-5-15-10/h2-5H,6-9H2,1H3,(H,14,17). The monoisotopic (exact) mass is 304 g/mol. The van der Waals surface area contributed by atoms with Crippen molar-refractivity contribution in [3.8, 4) is 0 Å². The predicted molar refractivity (Wildman–Crippen MR) is 81.8 cm³/mol. The summed E-state index contributed by atoms with van der Waals surface area (Å²) in [5.41, 5.74) is 0. The zero-order chi connectivity index (χ0) is 14.7. The molecule has 0 atom stereocenters. The molecule has 1 aliphatic rings. The SMILES string of the molecule is CNc1nnc(C(=O)N2CCN(c3ccccn3)CC2)s1. The van der Waals surface area contributed by atoms with Gasteiger partial charge in [0.2, 0.25) is 10.1 Å². The molecule has 3 heterocycles. The Morgan fingerprint density at radius 2 is 2.05 bits per heavy atom. The van der Waals surface area contributed by atoms with Crippen LogP contribution in [0.1, 0.15) is 9.80 Å². The van der Waals surface area contributed by atoms with E-state index in [1.165, 1.54) is 11.3 Å². The molecule has 2 aromatic heterocycles. The van der Waals surface area contributed by atoms with Crippen LogP contribution in [0.4, 0.5) is 10.9 Å². The number of nitrogens with zero attached hydrogens (tertiary/aromatic N) is 5. The van der Waals surface area contributed by atoms with Gasteiger partial charge in [-0.3, -0.25) is 4.79 Å². The average Bonchev–Trinajstić information content (AvgIpc) is 3.04. The number of pyridine rings is 1. The van der Waals surface area contributed by atoms with Gasteiger partial charge >= 0.3 is 0 Å². The molecule has 1 fully saturated rings. The molecule has 21 heavy (non-hydrogen) atoms. The van der Waals surface area contributed by atoms with Crippen LogP contribution in [-0.2, 0) is 0 Å². The van der Waals surface area contributed by atoms with Gasteiger partial charge in [0, 0.05) is 39.4 Å². The van der Waals surface area contributed by atoms with E-state index in [-0.39, 0.29) is 5.91 Å². The van der Waals surface area contributed by atoms with Crippen molar-refractivity contribution in [3.63, 3.8) is 0 Å². The lowest BCUT2D eigenvalue weighted by Gasteiger charge is -2.34. The second kappa shape index (κ2) is 6.04. The third-order valence-corrected chi connectivity index (χ3v) is 4.29. The normalized spacial score (nSPS) is 15.1. The Kier molecular flexibility index (Phi) is 3.96. The van der Waals surface area contributed by atoms with Gasteiger partial charge in [-0.05, 0) is 12.1 Å². The summed E-state index contributed by atoms with van der Waals surface area (Å²) >= 11 is 1.28. The van der Waals surface area contributed by atoms with Gasteiger partial charge in [0.25, 0.3) is 5.91 Å². The fourth-order valence-electron chi connectivity index (χ4n) is 2.23. The molecule has 2 aromatic rings. The third kappa shape index (κ3) is 2.94. The Morgan fingerprint density at radius 3 is 2.67 bits per heavy atom. The molecule has 0 unspecified atom stereocenters. The van der Waals surface area contributed by atoms with E-state index in [1.807, 2.05) is 23.1 Å². The number of carbonyl (C=O) groups excluding carboxylic acids is 1. The topological polar surface area (TPSA) is 74.2 Å². The van der Waals surface area contributed by atoms with Crippen molar-refractivity contribution >= 4 is 28.2 Å². The van der Waals surface area contributed by atoms with Gasteiger partial charge in [-0.25, -0.2) is 4.98 Å². The molecule has 0 bridgehead atoms. The molecular formula is C13H16N6OS. The number of piperazine rings is 1. The van der Waals surface area contributed by atoms with Crippen LogP contribution < -0.4 is 10.2 Å². The van der Waals surface area contributed by atoms with Crippen LogP contribution >= 0.6 is 11.3 Å². The summed E-state index contributed by atoms with van der Waals surface area (Å²) < 4.78 is 0. The summed E-state index contributed by atoms with van der Waals surface area (Å²) in [5, 5.41) is 11.8. The first-order valence-electron chi connectivity index (χ1n) is 6.74. The Labute approximate surface area is 126 Å². The Hall–Kier alpha value is -2.22. The predicted octanol–water partition coefficient (Wildman–Crippen LogP) is 0.937. The Balaban J connectivity index is 1.61. The van der Waals surface area contributed by atoms with Crippen LogP contribution in [0.15, 0.2) is 24.4 Å². The second-order valence-electron chi connectivity index (χ2n) is 4.63. The van der Waals surface area contributed by atoms with Crippen molar-refractivity contribution in [2.24, 2.45) is 0 Å². The molecule has 0 aromatic carbocycles. The van der Waals surface area contributed by atoms with E-state index in [4.69, 9.17) is 0 Å². The van der Waals surface area contributed by atoms with Crippen LogP contribution in [0.3, 0.4) is 0 Å². The maximum atomic E-state index is 12.3. The number of hydrogen-bond donors (Lipinski definition) is 1. The maximum absolute atomic E-state index is 12.3. The van der Waals surface area contributed by atoms with Crippen molar-refractivity contribution in [3.05, 3.63) is 29.4 Å². The molecule has 1 N–H and O–H groups in total. The molecule has 8 heteroatoms. The summed E-state index contributed by atoms with van der Waals surface area (Å²) in [5.74, 6) is 0.910. The van der Waals surface area contributed by atoms with Crippen LogP contribution in [0, 0.1) is 0 Å². The number of amides is 1. The van der Waals surface area contributed by atoms with Crippen LogP contribution in [0.25, 0.3) is 0 Å². The highest BCUT2D eigenvalue weighted by atomic mass is 32.1. The van der Waals surface area contributed by atoms with E-state index < -0.39 is 0 Å². The van der Waals surface area contributed by atoms with Crippen molar-refractivity contribution in [2.45, 2.75) is 0 Å². The first-order chi connectivity index (χ1) is 10.3. The summed E-state index contributed by atoms with van der Waals surface area (Å²) in [4.78, 5) is 20.7. The van der Waals surface area contributed by atoms with E-state index >= 15 is 0 Å². The maximum Gasteiger partial charge on any atom is 0.285 e. The van der Waals surface area contributed by atoms with Gasteiger partial charge in [-0.2, -0.15) is 0 Å². The van der Waals surface area contributed by atoms with Crippen LogP contribution in [0.2, 0.25) is 0 Å². The Bertz CT molecular complexity index is 608. The quantitative estimate of drug-likeness (QED) is 0.909. The van der Waals surface area contributed by atoms with Crippen LogP contribution in [0.5, 0.6) is 0 Å². The Morgan fingerprint density at radius 1 is 1.24 bits per heavy atom. The molecule has 0 radical (unpaired) electrons. The minimum atomic E-state index is -0.0466. The molecule has 1 aliphatic heterocycles. The molecule has 110 valence electrons. The molecule has 0 saturated carbocycles. The summed E-state index contributed by atoms with van der Waals surface area (Å²) in [7, 11) is 1.76. The van der Waals surface area contributed by atoms with Gasteiger partial charge < -0.3 is 15.1 Å². The van der Waals surface area contributed by atoms with Gasteiger partial charge in [-0.15, -0.1) is 10.2 Å². The van der Waals surface area contributed by atoms with E-state index in [0.29, 0.717) is 23.2 Å². The van der Waals surface area contributed by atoms with Crippen molar-refractivity contribution in [1.82, 2.24) is 20.1 Å². The number of nitrogens with one attached hydrogen (secondary N) is 1. The zero-order valence-corrected chi connectivity index (χ0v) is 12.5. The highest BCUT2D eigenvalue weighted by Crippen LogP contribution is 2.18. The van der Waals surface area contributed by atoms with E-state index in [2.05, 4.69) is 25.4 Å². The molecule has 1 amide bonds. The van der Waals surface area contributed by atoms with Crippen molar-refractivity contribution < 1.29 is 4.79 Å². The fourth-order valence-corrected chi connectivity index (χ4v) is 2.89. The lowest BCUT2D eigenvalue weighted by Crippen LogP contribution is -2.49. The minimum Gasteiger partial charge on any atom is -0.363 e. The first-order valence-corrected chi connectivity index (χ1v) is 7.56. The minimum absolute atomic E-state index is 0.0466.